The Morgan fingerprint density at radius 3 is 2.87 bits per heavy atom. The van der Waals surface area contributed by atoms with Crippen LogP contribution in [0, 0.1) is 0 Å². The molecule has 3 heterocycles. The molecule has 0 bridgehead atoms. The number of thiophene rings is 1. The first-order valence-electron chi connectivity index (χ1n) is 10.1. The van der Waals surface area contributed by atoms with Crippen molar-refractivity contribution in [2.24, 2.45) is 0 Å². The summed E-state index contributed by atoms with van der Waals surface area (Å²) in [5, 5.41) is 9.26. The lowest BCUT2D eigenvalue weighted by atomic mass is 10.1. The van der Waals surface area contributed by atoms with Gasteiger partial charge in [0, 0.05) is 24.4 Å². The molecule has 1 aliphatic heterocycles. The second kappa shape index (κ2) is 8.89. The van der Waals surface area contributed by atoms with Crippen LogP contribution in [0.15, 0.2) is 40.5 Å². The van der Waals surface area contributed by atoms with E-state index in [-0.39, 0.29) is 23.4 Å². The molecule has 0 spiro atoms. The van der Waals surface area contributed by atoms with Gasteiger partial charge in [0.05, 0.1) is 24.1 Å². The third-order valence-electron chi connectivity index (χ3n) is 5.43. The standard InChI is InChI=1S/C22H24N4O4S/c1-14(27)19-11-16(13-31-19)21(28)23-17-6-7-20-24-26(22(29)25(20)9-8-17)12-15-4-3-5-18(10-15)30-2/h3-5,10-11,13,17H,6-9,12H2,1-2H3,(H,23,28). The number of amides is 1. The number of hydrogen-bond donors (Lipinski definition) is 1. The van der Waals surface area contributed by atoms with Crippen molar-refractivity contribution in [1.82, 2.24) is 19.7 Å². The molecule has 1 unspecified atom stereocenters. The first kappa shape index (κ1) is 21.0. The number of nitrogens with zero attached hydrogens (tertiary/aromatic N) is 3. The van der Waals surface area contributed by atoms with Gasteiger partial charge in [0.2, 0.25) is 0 Å². The van der Waals surface area contributed by atoms with Crippen molar-refractivity contribution in [2.75, 3.05) is 7.11 Å². The van der Waals surface area contributed by atoms with E-state index in [1.165, 1.54) is 22.9 Å². The van der Waals surface area contributed by atoms with Gasteiger partial charge in [-0.25, -0.2) is 9.48 Å². The van der Waals surface area contributed by atoms with Gasteiger partial charge in [0.1, 0.15) is 11.6 Å². The van der Waals surface area contributed by atoms with Crippen molar-refractivity contribution in [2.45, 2.75) is 45.3 Å². The van der Waals surface area contributed by atoms with Crippen LogP contribution in [-0.4, -0.2) is 39.2 Å². The molecule has 31 heavy (non-hydrogen) atoms. The number of Topliss-reactive ketones (excluding diaryl/α,β-unsaturated/α-hetero) is 1. The molecule has 0 saturated carbocycles. The lowest BCUT2D eigenvalue weighted by molar-refractivity contribution is 0.0933. The molecule has 1 N–H and O–H groups in total. The molecule has 9 heteroatoms. The number of carbonyl (C=O) groups excluding carboxylic acids is 2. The predicted octanol–water partition coefficient (Wildman–Crippen LogP) is 2.50. The van der Waals surface area contributed by atoms with Crippen LogP contribution in [-0.2, 0) is 19.5 Å². The quantitative estimate of drug-likeness (QED) is 0.594. The summed E-state index contributed by atoms with van der Waals surface area (Å²) in [5.41, 5.74) is 1.30. The number of nitrogens with one attached hydrogen (secondary N) is 1. The van der Waals surface area contributed by atoms with E-state index < -0.39 is 0 Å². The maximum atomic E-state index is 12.9. The predicted molar refractivity (Wildman–Crippen MR) is 117 cm³/mol. The van der Waals surface area contributed by atoms with E-state index in [0.29, 0.717) is 42.8 Å². The fourth-order valence-electron chi connectivity index (χ4n) is 3.73. The first-order chi connectivity index (χ1) is 14.9. The minimum absolute atomic E-state index is 0.0471. The molecule has 4 rings (SSSR count). The third kappa shape index (κ3) is 4.61. The minimum atomic E-state index is -0.191. The van der Waals surface area contributed by atoms with Gasteiger partial charge in [-0.2, -0.15) is 5.10 Å². The van der Waals surface area contributed by atoms with E-state index in [0.717, 1.165) is 17.1 Å². The highest BCUT2D eigenvalue weighted by Gasteiger charge is 2.23. The molecule has 0 aliphatic carbocycles. The van der Waals surface area contributed by atoms with Crippen molar-refractivity contribution >= 4 is 23.0 Å². The lowest BCUT2D eigenvalue weighted by Gasteiger charge is -2.15. The lowest BCUT2D eigenvalue weighted by Crippen LogP contribution is -2.35. The topological polar surface area (TPSA) is 95.2 Å². The van der Waals surface area contributed by atoms with Crippen molar-refractivity contribution < 1.29 is 14.3 Å². The number of fused-ring (bicyclic) bond motifs is 1. The van der Waals surface area contributed by atoms with Crippen LogP contribution < -0.4 is 15.7 Å². The number of methoxy groups -OCH3 is 1. The molecule has 1 aromatic carbocycles. The maximum absolute atomic E-state index is 12.9. The molecule has 2 aromatic heterocycles. The third-order valence-corrected chi connectivity index (χ3v) is 6.46. The normalized spacial score (nSPS) is 15.7. The average molecular weight is 441 g/mol. The number of benzene rings is 1. The van der Waals surface area contributed by atoms with E-state index >= 15 is 0 Å². The Labute approximate surface area is 183 Å². The number of ketones is 1. The number of hydrogen-bond acceptors (Lipinski definition) is 6. The van der Waals surface area contributed by atoms with Gasteiger partial charge in [-0.15, -0.1) is 11.3 Å². The highest BCUT2D eigenvalue weighted by atomic mass is 32.1. The van der Waals surface area contributed by atoms with Crippen molar-refractivity contribution in [3.63, 3.8) is 0 Å². The van der Waals surface area contributed by atoms with E-state index in [1.54, 1.807) is 23.1 Å². The van der Waals surface area contributed by atoms with Gasteiger partial charge in [-0.3, -0.25) is 14.2 Å². The molecule has 0 radical (unpaired) electrons. The largest absolute Gasteiger partial charge is 0.497 e. The van der Waals surface area contributed by atoms with Gasteiger partial charge < -0.3 is 10.1 Å². The zero-order valence-corrected chi connectivity index (χ0v) is 18.3. The Balaban J connectivity index is 1.42. The van der Waals surface area contributed by atoms with Crippen molar-refractivity contribution in [1.29, 1.82) is 0 Å². The fourth-order valence-corrected chi connectivity index (χ4v) is 4.52. The molecule has 1 atom stereocenters. The van der Waals surface area contributed by atoms with E-state index in [2.05, 4.69) is 10.4 Å². The fraction of sp³-hybridized carbons (Fsp3) is 0.364. The van der Waals surface area contributed by atoms with E-state index in [1.807, 2.05) is 24.3 Å². The number of rotatable bonds is 6. The maximum Gasteiger partial charge on any atom is 0.346 e. The van der Waals surface area contributed by atoms with Crippen LogP contribution in [0.5, 0.6) is 5.75 Å². The van der Waals surface area contributed by atoms with Gasteiger partial charge >= 0.3 is 5.69 Å². The van der Waals surface area contributed by atoms with Gasteiger partial charge in [0.25, 0.3) is 5.91 Å². The van der Waals surface area contributed by atoms with Crippen LogP contribution in [0.25, 0.3) is 0 Å². The Morgan fingerprint density at radius 1 is 1.29 bits per heavy atom. The van der Waals surface area contributed by atoms with Crippen LogP contribution in [0.2, 0.25) is 0 Å². The van der Waals surface area contributed by atoms with Crippen LogP contribution in [0.3, 0.4) is 0 Å². The zero-order valence-electron chi connectivity index (χ0n) is 17.5. The molecular weight excluding hydrogens is 416 g/mol. The molecule has 0 fully saturated rings. The summed E-state index contributed by atoms with van der Waals surface area (Å²) >= 11 is 1.27. The Kier molecular flexibility index (Phi) is 6.03. The van der Waals surface area contributed by atoms with Crippen molar-refractivity contribution in [3.8, 4) is 5.75 Å². The number of aromatic nitrogens is 3. The zero-order chi connectivity index (χ0) is 22.0. The summed E-state index contributed by atoms with van der Waals surface area (Å²) in [5.74, 6) is 1.24. The Bertz CT molecular complexity index is 1180. The molecular formula is C22H24N4O4S. The highest BCUT2D eigenvalue weighted by molar-refractivity contribution is 7.12. The summed E-state index contributed by atoms with van der Waals surface area (Å²) in [7, 11) is 1.61. The summed E-state index contributed by atoms with van der Waals surface area (Å²) < 4.78 is 8.43. The molecule has 0 saturated heterocycles. The first-order valence-corrected chi connectivity index (χ1v) is 11.0. The Morgan fingerprint density at radius 2 is 2.13 bits per heavy atom. The van der Waals surface area contributed by atoms with Crippen molar-refractivity contribution in [3.05, 3.63) is 68.0 Å². The molecule has 162 valence electrons. The SMILES string of the molecule is COc1cccc(Cn2nc3n(c2=O)CCC(NC(=O)c2csc(C(C)=O)c2)CC3)c1. The average Bonchev–Trinajstić information content (AvgIpc) is 3.31. The van der Waals surface area contributed by atoms with Crippen LogP contribution in [0.4, 0.5) is 0 Å². The smallest absolute Gasteiger partial charge is 0.346 e. The number of ether oxygens (including phenoxy) is 1. The van der Waals surface area contributed by atoms with Gasteiger partial charge in [-0.05, 0) is 43.5 Å². The summed E-state index contributed by atoms with van der Waals surface area (Å²) in [6, 6.07) is 9.15. The molecule has 8 nitrogen and oxygen atoms in total. The minimum Gasteiger partial charge on any atom is -0.497 e. The second-order valence-corrected chi connectivity index (χ2v) is 8.52. The van der Waals surface area contributed by atoms with Crippen LogP contribution in [0.1, 0.15) is 51.2 Å². The van der Waals surface area contributed by atoms with E-state index in [9.17, 15) is 14.4 Å². The summed E-state index contributed by atoms with van der Waals surface area (Å²) in [6.45, 7) is 2.37. The number of carbonyl (C=O) groups is 2. The van der Waals surface area contributed by atoms with Crippen LogP contribution >= 0.6 is 11.3 Å². The highest BCUT2D eigenvalue weighted by Crippen LogP contribution is 2.18. The summed E-state index contributed by atoms with van der Waals surface area (Å²) in [6.07, 6.45) is 1.95. The molecule has 1 aliphatic rings. The van der Waals surface area contributed by atoms with E-state index in [4.69, 9.17) is 4.74 Å². The summed E-state index contributed by atoms with van der Waals surface area (Å²) in [4.78, 5) is 37.4. The van der Waals surface area contributed by atoms with Gasteiger partial charge in [0.15, 0.2) is 5.78 Å². The molecule has 3 aromatic rings. The second-order valence-electron chi connectivity index (χ2n) is 7.61. The Hall–Kier alpha value is -3.20. The molecule has 1 amide bonds. The van der Waals surface area contributed by atoms with Gasteiger partial charge in [-0.1, -0.05) is 12.1 Å². The number of aryl methyl sites for hydroxylation is 1. The monoisotopic (exact) mass is 440 g/mol.